The van der Waals surface area contributed by atoms with E-state index in [0.29, 0.717) is 22.3 Å². The van der Waals surface area contributed by atoms with Crippen molar-refractivity contribution in [1.29, 1.82) is 0 Å². The molecule has 0 aliphatic rings. The molecule has 0 aliphatic carbocycles. The number of para-hydroxylation sites is 1. The van der Waals surface area contributed by atoms with Gasteiger partial charge in [-0.3, -0.25) is 14.4 Å². The highest BCUT2D eigenvalue weighted by Crippen LogP contribution is 2.32. The standard InChI is InChI=1S/C24H21ClN4O3S2/c1-2-22-27-28-24(33-22)26-23(30)18-11-8-12-19(15-18)34(31,32)29(16-17-9-4-3-5-10-17)21-14-7-6-13-20(21)25/h3-15H,2,16H2,1H3,(H,26,28,30). The fraction of sp³-hybridized carbons (Fsp3) is 0.125. The van der Waals surface area contributed by atoms with E-state index in [1.807, 2.05) is 37.3 Å². The van der Waals surface area contributed by atoms with Crippen LogP contribution in [-0.2, 0) is 23.0 Å². The first-order valence-electron chi connectivity index (χ1n) is 10.4. The third kappa shape index (κ3) is 5.27. The number of halogens is 1. The van der Waals surface area contributed by atoms with E-state index in [4.69, 9.17) is 11.6 Å². The number of hydrogen-bond donors (Lipinski definition) is 1. The van der Waals surface area contributed by atoms with Crippen molar-refractivity contribution in [3.05, 3.63) is 100 Å². The Hall–Kier alpha value is -3.27. The van der Waals surface area contributed by atoms with Gasteiger partial charge in [0.15, 0.2) is 0 Å². The molecule has 4 aromatic rings. The molecule has 0 unspecified atom stereocenters. The number of carbonyl (C=O) groups is 1. The molecule has 34 heavy (non-hydrogen) atoms. The summed E-state index contributed by atoms with van der Waals surface area (Å²) in [5, 5.41) is 12.1. The lowest BCUT2D eigenvalue weighted by Crippen LogP contribution is -2.31. The van der Waals surface area contributed by atoms with Gasteiger partial charge in [-0.1, -0.05) is 78.4 Å². The van der Waals surface area contributed by atoms with Gasteiger partial charge in [0.2, 0.25) is 5.13 Å². The predicted octanol–water partition coefficient (Wildman–Crippen LogP) is 5.40. The molecule has 0 bridgehead atoms. The third-order valence-corrected chi connectivity index (χ3v) is 8.02. The van der Waals surface area contributed by atoms with Gasteiger partial charge in [0.05, 0.1) is 22.2 Å². The van der Waals surface area contributed by atoms with Gasteiger partial charge in [-0.05, 0) is 42.3 Å². The molecule has 0 saturated carbocycles. The minimum Gasteiger partial charge on any atom is -0.296 e. The molecule has 10 heteroatoms. The van der Waals surface area contributed by atoms with Crippen molar-refractivity contribution in [2.45, 2.75) is 24.8 Å². The first-order valence-corrected chi connectivity index (χ1v) is 13.1. The Morgan fingerprint density at radius 3 is 2.44 bits per heavy atom. The van der Waals surface area contributed by atoms with Gasteiger partial charge in [-0.25, -0.2) is 8.42 Å². The van der Waals surface area contributed by atoms with Crippen LogP contribution in [0.2, 0.25) is 5.02 Å². The monoisotopic (exact) mass is 512 g/mol. The summed E-state index contributed by atoms with van der Waals surface area (Å²) < 4.78 is 28.8. The van der Waals surface area contributed by atoms with Crippen molar-refractivity contribution in [3.8, 4) is 0 Å². The summed E-state index contributed by atoms with van der Waals surface area (Å²) in [5.41, 5.74) is 1.33. The highest BCUT2D eigenvalue weighted by atomic mass is 35.5. The second-order valence-electron chi connectivity index (χ2n) is 7.29. The smallest absolute Gasteiger partial charge is 0.264 e. The Balaban J connectivity index is 1.69. The number of sulfonamides is 1. The lowest BCUT2D eigenvalue weighted by molar-refractivity contribution is 0.102. The second kappa shape index (κ2) is 10.3. The number of benzene rings is 3. The van der Waals surface area contributed by atoms with Crippen LogP contribution >= 0.6 is 22.9 Å². The summed E-state index contributed by atoms with van der Waals surface area (Å²) in [4.78, 5) is 12.7. The summed E-state index contributed by atoms with van der Waals surface area (Å²) >= 11 is 7.66. The van der Waals surface area contributed by atoms with Crippen molar-refractivity contribution in [3.63, 3.8) is 0 Å². The van der Waals surface area contributed by atoms with Gasteiger partial charge >= 0.3 is 0 Å². The number of anilines is 2. The van der Waals surface area contributed by atoms with Gasteiger partial charge in [0.25, 0.3) is 15.9 Å². The number of nitrogens with one attached hydrogen (secondary N) is 1. The molecule has 1 heterocycles. The second-order valence-corrected chi connectivity index (χ2v) is 10.6. The van der Waals surface area contributed by atoms with Gasteiger partial charge in [-0.15, -0.1) is 10.2 Å². The number of nitrogens with zero attached hydrogens (tertiary/aromatic N) is 3. The van der Waals surface area contributed by atoms with E-state index in [0.717, 1.165) is 10.6 Å². The van der Waals surface area contributed by atoms with Crippen LogP contribution < -0.4 is 9.62 Å². The number of hydrogen-bond acceptors (Lipinski definition) is 6. The van der Waals surface area contributed by atoms with E-state index in [1.165, 1.54) is 33.8 Å². The molecular formula is C24H21ClN4O3S2. The SMILES string of the molecule is CCc1nnc(NC(=O)c2cccc(S(=O)(=O)N(Cc3ccccc3)c3ccccc3Cl)c2)s1. The highest BCUT2D eigenvalue weighted by molar-refractivity contribution is 7.92. The molecule has 1 amide bonds. The average molecular weight is 513 g/mol. The lowest BCUT2D eigenvalue weighted by atomic mass is 10.2. The van der Waals surface area contributed by atoms with E-state index >= 15 is 0 Å². The Morgan fingerprint density at radius 1 is 1.00 bits per heavy atom. The van der Waals surface area contributed by atoms with Crippen LogP contribution in [0.3, 0.4) is 0 Å². The Bertz CT molecular complexity index is 1410. The van der Waals surface area contributed by atoms with Crippen molar-refractivity contribution in [2.75, 3.05) is 9.62 Å². The van der Waals surface area contributed by atoms with Crippen molar-refractivity contribution in [2.24, 2.45) is 0 Å². The molecule has 0 spiro atoms. The first kappa shape index (κ1) is 23.9. The van der Waals surface area contributed by atoms with Crippen LogP contribution in [0.15, 0.2) is 83.8 Å². The number of rotatable bonds is 8. The third-order valence-electron chi connectivity index (χ3n) is 4.96. The summed E-state index contributed by atoms with van der Waals surface area (Å²) in [7, 11) is -4.06. The summed E-state index contributed by atoms with van der Waals surface area (Å²) in [5.74, 6) is -0.469. The molecule has 0 fully saturated rings. The highest BCUT2D eigenvalue weighted by Gasteiger charge is 2.27. The van der Waals surface area contributed by atoms with Crippen LogP contribution in [0, 0.1) is 0 Å². The number of aromatic nitrogens is 2. The van der Waals surface area contributed by atoms with Crippen LogP contribution in [0.1, 0.15) is 27.9 Å². The fourth-order valence-corrected chi connectivity index (χ4v) is 5.72. The minimum atomic E-state index is -4.06. The zero-order valence-electron chi connectivity index (χ0n) is 18.2. The fourth-order valence-electron chi connectivity index (χ4n) is 3.24. The Labute approximate surface area is 207 Å². The molecule has 7 nitrogen and oxygen atoms in total. The molecule has 174 valence electrons. The molecule has 0 atom stereocenters. The van der Waals surface area contributed by atoms with Crippen molar-refractivity contribution < 1.29 is 13.2 Å². The maximum Gasteiger partial charge on any atom is 0.264 e. The van der Waals surface area contributed by atoms with E-state index in [-0.39, 0.29) is 17.0 Å². The molecule has 3 aromatic carbocycles. The van der Waals surface area contributed by atoms with E-state index < -0.39 is 15.9 Å². The molecule has 0 aliphatic heterocycles. The van der Waals surface area contributed by atoms with E-state index in [1.54, 1.807) is 30.3 Å². The Morgan fingerprint density at radius 2 is 1.74 bits per heavy atom. The van der Waals surface area contributed by atoms with Crippen LogP contribution in [-0.4, -0.2) is 24.5 Å². The number of aryl methyl sites for hydroxylation is 1. The quantitative estimate of drug-likeness (QED) is 0.341. The normalized spacial score (nSPS) is 11.2. The maximum absolute atomic E-state index is 13.8. The summed E-state index contributed by atoms with van der Waals surface area (Å²) in [6.45, 7) is 2.02. The first-order chi connectivity index (χ1) is 16.4. The molecule has 1 aromatic heterocycles. The molecule has 0 radical (unpaired) electrons. The van der Waals surface area contributed by atoms with E-state index in [2.05, 4.69) is 15.5 Å². The topological polar surface area (TPSA) is 92.3 Å². The molecular weight excluding hydrogens is 492 g/mol. The van der Waals surface area contributed by atoms with Crippen molar-refractivity contribution >= 4 is 49.7 Å². The van der Waals surface area contributed by atoms with Gasteiger partial charge in [0.1, 0.15) is 5.01 Å². The minimum absolute atomic E-state index is 0.0255. The summed E-state index contributed by atoms with van der Waals surface area (Å²) in [6.07, 6.45) is 0.709. The van der Waals surface area contributed by atoms with Crippen LogP contribution in [0.4, 0.5) is 10.8 Å². The largest absolute Gasteiger partial charge is 0.296 e. The predicted molar refractivity (Wildman–Crippen MR) is 135 cm³/mol. The van der Waals surface area contributed by atoms with Gasteiger partial charge in [-0.2, -0.15) is 0 Å². The number of carbonyl (C=O) groups excluding carboxylic acids is 1. The maximum atomic E-state index is 13.8. The summed E-state index contributed by atoms with van der Waals surface area (Å²) in [6, 6.07) is 21.9. The van der Waals surface area contributed by atoms with Gasteiger partial charge < -0.3 is 0 Å². The van der Waals surface area contributed by atoms with Crippen molar-refractivity contribution in [1.82, 2.24) is 10.2 Å². The molecule has 1 N–H and O–H groups in total. The molecule has 4 rings (SSSR count). The van der Waals surface area contributed by atoms with E-state index in [9.17, 15) is 13.2 Å². The lowest BCUT2D eigenvalue weighted by Gasteiger charge is -2.25. The zero-order chi connectivity index (χ0) is 24.1. The zero-order valence-corrected chi connectivity index (χ0v) is 20.6. The average Bonchev–Trinajstić information content (AvgIpc) is 3.31. The van der Waals surface area contributed by atoms with Crippen LogP contribution in [0.25, 0.3) is 0 Å². The Kier molecular flexibility index (Phi) is 7.26. The number of amides is 1. The molecule has 0 saturated heterocycles. The van der Waals surface area contributed by atoms with Gasteiger partial charge in [0, 0.05) is 5.56 Å². The van der Waals surface area contributed by atoms with Crippen LogP contribution in [0.5, 0.6) is 0 Å².